The van der Waals surface area contributed by atoms with Crippen molar-refractivity contribution in [3.63, 3.8) is 0 Å². The van der Waals surface area contributed by atoms with Crippen LogP contribution in [0.3, 0.4) is 0 Å². The van der Waals surface area contributed by atoms with E-state index in [-0.39, 0.29) is 13.4 Å². The van der Waals surface area contributed by atoms with Crippen LogP contribution in [-0.4, -0.2) is 34.1 Å². The van der Waals surface area contributed by atoms with Crippen molar-refractivity contribution < 1.29 is 33.2 Å². The molecule has 0 saturated carbocycles. The second-order valence-electron chi connectivity index (χ2n) is 11.5. The van der Waals surface area contributed by atoms with Crippen LogP contribution in [0.15, 0.2) is 121 Å². The summed E-state index contributed by atoms with van der Waals surface area (Å²) in [5, 5.41) is 7.84. The van der Waals surface area contributed by atoms with Gasteiger partial charge in [0.2, 0.25) is 12.4 Å². The van der Waals surface area contributed by atoms with E-state index in [1.807, 2.05) is 91.0 Å². The molecule has 1 heterocycles. The van der Waals surface area contributed by atoms with Crippen LogP contribution in [0.1, 0.15) is 22.7 Å². The predicted molar refractivity (Wildman–Crippen MR) is 185 cm³/mol. The van der Waals surface area contributed by atoms with Crippen molar-refractivity contribution >= 4 is 33.2 Å². The number of fused-ring (bicyclic) bond motifs is 3. The predicted octanol–water partition coefficient (Wildman–Crippen LogP) is 8.18. The maximum absolute atomic E-state index is 14.6. The van der Waals surface area contributed by atoms with Crippen molar-refractivity contribution in [3.05, 3.63) is 138 Å². The van der Waals surface area contributed by atoms with Gasteiger partial charge in [-0.15, -0.1) is 0 Å². The molecular formula is C40H35NO7. The largest absolute Gasteiger partial charge is 0.497 e. The summed E-state index contributed by atoms with van der Waals surface area (Å²) in [4.78, 5) is 14.6. The minimum atomic E-state index is -1.72. The van der Waals surface area contributed by atoms with Gasteiger partial charge in [-0.05, 0) is 92.8 Å². The lowest BCUT2D eigenvalue weighted by atomic mass is 9.81. The van der Waals surface area contributed by atoms with Crippen LogP contribution >= 0.6 is 0 Å². The molecule has 2 atom stereocenters. The number of anilines is 1. The Balaban J connectivity index is 1.45. The molecule has 1 N–H and O–H groups in total. The molecule has 0 radical (unpaired) electrons. The molecule has 0 spiro atoms. The Hall–Kier alpha value is -5.73. The number of rotatable bonds is 11. The average Bonchev–Trinajstić information content (AvgIpc) is 3.62. The zero-order valence-corrected chi connectivity index (χ0v) is 26.9. The van der Waals surface area contributed by atoms with Gasteiger partial charge in [0.25, 0.3) is 0 Å². The number of carbonyl (C=O) groups is 1. The number of ether oxygens (including phenoxy) is 6. The van der Waals surface area contributed by atoms with Crippen molar-refractivity contribution in [1.82, 2.24) is 0 Å². The van der Waals surface area contributed by atoms with Gasteiger partial charge in [0, 0.05) is 5.69 Å². The van der Waals surface area contributed by atoms with Crippen LogP contribution < -0.4 is 24.3 Å². The summed E-state index contributed by atoms with van der Waals surface area (Å²) in [6, 6.07) is 38.2. The minimum Gasteiger partial charge on any atom is -0.497 e. The van der Waals surface area contributed by atoms with Crippen LogP contribution in [0, 0.1) is 0 Å². The molecule has 6 aromatic rings. The van der Waals surface area contributed by atoms with Crippen molar-refractivity contribution in [2.45, 2.75) is 18.2 Å². The molecule has 0 saturated heterocycles. The number of esters is 1. The number of benzene rings is 6. The Morgan fingerprint density at radius 3 is 1.96 bits per heavy atom. The van der Waals surface area contributed by atoms with E-state index in [2.05, 4.69) is 35.6 Å². The van der Waals surface area contributed by atoms with Crippen LogP contribution in [0.25, 0.3) is 21.5 Å². The van der Waals surface area contributed by atoms with Gasteiger partial charge < -0.3 is 33.7 Å². The fraction of sp³-hybridized carbons (Fsp3) is 0.175. The first-order chi connectivity index (χ1) is 23.5. The molecule has 0 aliphatic carbocycles. The smallest absolute Gasteiger partial charge is 0.345 e. The standard InChI is InChI=1S/C40H35NO7/c1-43-31-17-13-29(14-18-31)40(39(42)45-3,48-24-35-33-10-6-4-8-26(33)22-27-9-5-7-11-34(27)35)38(41-30-15-19-32(44-2)20-16-30)28-12-21-36-37(23-28)47-25-46-36/h4-23,38,41H,24-25H2,1-3H3/t38-,40-/m0/s1. The summed E-state index contributed by atoms with van der Waals surface area (Å²) in [7, 11) is 4.60. The van der Waals surface area contributed by atoms with Crippen molar-refractivity contribution in [2.24, 2.45) is 0 Å². The Morgan fingerprint density at radius 1 is 0.729 bits per heavy atom. The van der Waals surface area contributed by atoms with Gasteiger partial charge in [-0.3, -0.25) is 0 Å². The average molecular weight is 642 g/mol. The van der Waals surface area contributed by atoms with Crippen LogP contribution in [0.5, 0.6) is 23.0 Å². The van der Waals surface area contributed by atoms with Gasteiger partial charge in [0.05, 0.1) is 34.0 Å². The molecule has 48 heavy (non-hydrogen) atoms. The third-order valence-corrected chi connectivity index (χ3v) is 8.87. The fourth-order valence-electron chi connectivity index (χ4n) is 6.43. The van der Waals surface area contributed by atoms with Gasteiger partial charge in [-0.25, -0.2) is 4.79 Å². The monoisotopic (exact) mass is 641 g/mol. The summed E-state index contributed by atoms with van der Waals surface area (Å²) in [5.41, 5.74) is 1.27. The van der Waals surface area contributed by atoms with E-state index >= 15 is 0 Å². The van der Waals surface area contributed by atoms with Crippen LogP contribution in [0.4, 0.5) is 5.69 Å². The number of nitrogens with one attached hydrogen (secondary N) is 1. The van der Waals surface area contributed by atoms with Gasteiger partial charge in [0.1, 0.15) is 11.5 Å². The second kappa shape index (κ2) is 13.2. The highest BCUT2D eigenvalue weighted by atomic mass is 16.7. The number of hydrogen-bond donors (Lipinski definition) is 1. The first kappa shape index (κ1) is 30.9. The fourth-order valence-corrected chi connectivity index (χ4v) is 6.43. The molecule has 0 bridgehead atoms. The topological polar surface area (TPSA) is 84.5 Å². The molecule has 0 unspecified atom stereocenters. The number of hydrogen-bond acceptors (Lipinski definition) is 8. The zero-order valence-electron chi connectivity index (χ0n) is 26.9. The van der Waals surface area contributed by atoms with Crippen molar-refractivity contribution in [2.75, 3.05) is 33.4 Å². The Bertz CT molecular complexity index is 2020. The molecule has 0 aromatic heterocycles. The lowest BCUT2D eigenvalue weighted by Crippen LogP contribution is -2.48. The first-order valence-corrected chi connectivity index (χ1v) is 15.6. The highest BCUT2D eigenvalue weighted by Crippen LogP contribution is 2.46. The van der Waals surface area contributed by atoms with Crippen LogP contribution in [0.2, 0.25) is 0 Å². The SMILES string of the molecule is COC(=O)[C@](OCc1c2ccccc2cc2ccccc12)(c1ccc(OC)cc1)[C@@H](Nc1ccc(OC)cc1)c1ccc2c(c1)OCO2. The van der Waals surface area contributed by atoms with Gasteiger partial charge >= 0.3 is 5.97 Å². The van der Waals surface area contributed by atoms with Gasteiger partial charge in [-0.2, -0.15) is 0 Å². The van der Waals surface area contributed by atoms with E-state index in [9.17, 15) is 4.79 Å². The maximum atomic E-state index is 14.6. The van der Waals surface area contributed by atoms with E-state index in [4.69, 9.17) is 28.4 Å². The minimum absolute atomic E-state index is 0.0916. The molecule has 0 fully saturated rings. The zero-order chi connectivity index (χ0) is 33.1. The van der Waals surface area contributed by atoms with E-state index in [0.717, 1.165) is 38.4 Å². The first-order valence-electron chi connectivity index (χ1n) is 15.6. The molecule has 1 aliphatic rings. The molecule has 0 amide bonds. The summed E-state index contributed by atoms with van der Waals surface area (Å²) < 4.78 is 35.1. The van der Waals surface area contributed by atoms with Crippen molar-refractivity contribution in [3.8, 4) is 23.0 Å². The summed E-state index contributed by atoms with van der Waals surface area (Å²) in [6.45, 7) is 0.203. The molecule has 7 rings (SSSR count). The summed E-state index contributed by atoms with van der Waals surface area (Å²) in [6.07, 6.45) is 0. The molecule has 242 valence electrons. The molecule has 6 aromatic carbocycles. The van der Waals surface area contributed by atoms with E-state index < -0.39 is 17.6 Å². The molecule has 1 aliphatic heterocycles. The highest BCUT2D eigenvalue weighted by Gasteiger charge is 2.51. The second-order valence-corrected chi connectivity index (χ2v) is 11.5. The number of carbonyl (C=O) groups excluding carboxylic acids is 1. The third kappa shape index (κ3) is 5.60. The molecule has 8 nitrogen and oxygen atoms in total. The normalized spacial score (nSPS) is 13.9. The quantitative estimate of drug-likeness (QED) is 0.112. The molecule has 8 heteroatoms. The van der Waals surface area contributed by atoms with Gasteiger partial charge in [-0.1, -0.05) is 66.7 Å². The van der Waals surface area contributed by atoms with E-state index in [0.29, 0.717) is 28.6 Å². The Labute approximate surface area is 278 Å². The summed E-state index contributed by atoms with van der Waals surface area (Å²) >= 11 is 0. The van der Waals surface area contributed by atoms with Crippen molar-refractivity contribution in [1.29, 1.82) is 0 Å². The van der Waals surface area contributed by atoms with Crippen LogP contribution in [-0.2, 0) is 26.5 Å². The lowest BCUT2D eigenvalue weighted by molar-refractivity contribution is -0.177. The van der Waals surface area contributed by atoms with E-state index in [1.54, 1.807) is 14.2 Å². The Kier molecular flexibility index (Phi) is 8.48. The van der Waals surface area contributed by atoms with Gasteiger partial charge in [0.15, 0.2) is 11.5 Å². The molecular weight excluding hydrogens is 606 g/mol. The lowest BCUT2D eigenvalue weighted by Gasteiger charge is -2.40. The van der Waals surface area contributed by atoms with E-state index in [1.165, 1.54) is 7.11 Å². The third-order valence-electron chi connectivity index (χ3n) is 8.87. The summed E-state index contributed by atoms with van der Waals surface area (Å²) in [5.74, 6) is 1.95. The maximum Gasteiger partial charge on any atom is 0.345 e. The number of methoxy groups -OCH3 is 3. The Morgan fingerprint density at radius 2 is 1.33 bits per heavy atom. The highest BCUT2D eigenvalue weighted by molar-refractivity contribution is 6.02.